The average Bonchev–Trinajstić information content (AvgIpc) is 2.87. The Morgan fingerprint density at radius 1 is 1.47 bits per heavy atom. The molecular weight excluding hydrogens is 242 g/mol. The van der Waals surface area contributed by atoms with Crippen LogP contribution < -0.4 is 10.1 Å². The van der Waals surface area contributed by atoms with Crippen molar-refractivity contribution in [2.24, 2.45) is 0 Å². The van der Waals surface area contributed by atoms with E-state index >= 15 is 0 Å². The van der Waals surface area contributed by atoms with E-state index < -0.39 is 5.60 Å². The van der Waals surface area contributed by atoms with Crippen molar-refractivity contribution in [3.8, 4) is 5.75 Å². The van der Waals surface area contributed by atoms with Gasteiger partial charge in [0.2, 0.25) is 0 Å². The molecule has 106 valence electrons. The Balaban J connectivity index is 2.05. The first-order valence-corrected chi connectivity index (χ1v) is 6.88. The molecule has 1 heterocycles. The van der Waals surface area contributed by atoms with E-state index in [1.807, 2.05) is 6.07 Å². The summed E-state index contributed by atoms with van der Waals surface area (Å²) in [4.78, 5) is 0. The predicted molar refractivity (Wildman–Crippen MR) is 74.4 cm³/mol. The monoisotopic (exact) mass is 265 g/mol. The number of nitrogens with one attached hydrogen (secondary N) is 1. The Morgan fingerprint density at radius 2 is 2.26 bits per heavy atom. The van der Waals surface area contributed by atoms with E-state index in [9.17, 15) is 5.11 Å². The van der Waals surface area contributed by atoms with Crippen molar-refractivity contribution in [1.29, 1.82) is 0 Å². The summed E-state index contributed by atoms with van der Waals surface area (Å²) in [6.45, 7) is 4.63. The lowest BCUT2D eigenvalue weighted by Crippen LogP contribution is -2.42. The first kappa shape index (κ1) is 14.3. The van der Waals surface area contributed by atoms with Gasteiger partial charge in [-0.05, 0) is 30.5 Å². The summed E-state index contributed by atoms with van der Waals surface area (Å²) in [5.41, 5.74) is 1.39. The van der Waals surface area contributed by atoms with Gasteiger partial charge in [-0.1, -0.05) is 19.1 Å². The third-order valence-electron chi connectivity index (χ3n) is 3.59. The van der Waals surface area contributed by atoms with Gasteiger partial charge in [-0.15, -0.1) is 0 Å². The minimum atomic E-state index is -1.08. The Bertz CT molecular complexity index is 431. The van der Waals surface area contributed by atoms with Crippen molar-refractivity contribution in [3.05, 3.63) is 29.3 Å². The molecule has 2 unspecified atom stereocenters. The highest BCUT2D eigenvalue weighted by molar-refractivity contribution is 5.40. The van der Waals surface area contributed by atoms with Gasteiger partial charge in [-0.2, -0.15) is 0 Å². The summed E-state index contributed by atoms with van der Waals surface area (Å²) >= 11 is 0. The van der Waals surface area contributed by atoms with E-state index in [0.29, 0.717) is 6.54 Å². The smallest absolute Gasteiger partial charge is 0.122 e. The molecule has 0 aliphatic carbocycles. The van der Waals surface area contributed by atoms with Crippen molar-refractivity contribution < 1.29 is 14.9 Å². The van der Waals surface area contributed by atoms with Crippen LogP contribution in [0.1, 0.15) is 37.4 Å². The maximum Gasteiger partial charge on any atom is 0.122 e. The number of hydrogen-bond acceptors (Lipinski definition) is 4. The lowest BCUT2D eigenvalue weighted by molar-refractivity contribution is 0.000592. The van der Waals surface area contributed by atoms with Crippen LogP contribution in [-0.2, 0) is 6.42 Å². The van der Waals surface area contributed by atoms with Gasteiger partial charge in [-0.3, -0.25) is 0 Å². The van der Waals surface area contributed by atoms with Crippen LogP contribution >= 0.6 is 0 Å². The lowest BCUT2D eigenvalue weighted by Gasteiger charge is -2.25. The van der Waals surface area contributed by atoms with Gasteiger partial charge < -0.3 is 20.3 Å². The third kappa shape index (κ3) is 3.47. The van der Waals surface area contributed by atoms with Crippen LogP contribution in [0.5, 0.6) is 5.75 Å². The molecule has 2 atom stereocenters. The van der Waals surface area contributed by atoms with Crippen LogP contribution in [-0.4, -0.2) is 35.6 Å². The highest BCUT2D eigenvalue weighted by Gasteiger charge is 2.21. The first-order valence-electron chi connectivity index (χ1n) is 6.88. The Labute approximate surface area is 114 Å². The van der Waals surface area contributed by atoms with Gasteiger partial charge in [0.15, 0.2) is 0 Å². The first-order chi connectivity index (χ1) is 9.05. The molecule has 4 heteroatoms. The molecular formula is C15H23NO3. The maximum absolute atomic E-state index is 9.84. The summed E-state index contributed by atoms with van der Waals surface area (Å²) in [5, 5.41) is 22.2. The third-order valence-corrected chi connectivity index (χ3v) is 3.59. The molecule has 1 aliphatic heterocycles. The molecule has 0 amide bonds. The van der Waals surface area contributed by atoms with Crippen molar-refractivity contribution in [2.45, 2.75) is 38.3 Å². The van der Waals surface area contributed by atoms with Gasteiger partial charge in [0.25, 0.3) is 0 Å². The van der Waals surface area contributed by atoms with Crippen molar-refractivity contribution in [2.75, 3.05) is 19.8 Å². The van der Waals surface area contributed by atoms with Crippen molar-refractivity contribution in [1.82, 2.24) is 5.32 Å². The largest absolute Gasteiger partial charge is 0.493 e. The molecule has 19 heavy (non-hydrogen) atoms. The molecule has 3 N–H and O–H groups in total. The van der Waals surface area contributed by atoms with Crippen LogP contribution in [0.3, 0.4) is 0 Å². The topological polar surface area (TPSA) is 61.7 Å². The zero-order chi connectivity index (χ0) is 13.9. The average molecular weight is 265 g/mol. The number of hydrogen-bond donors (Lipinski definition) is 3. The molecule has 0 fully saturated rings. The van der Waals surface area contributed by atoms with Crippen molar-refractivity contribution in [3.63, 3.8) is 0 Å². The van der Waals surface area contributed by atoms with E-state index in [0.717, 1.165) is 25.2 Å². The summed E-state index contributed by atoms with van der Waals surface area (Å²) in [6.07, 6.45) is 1.90. The van der Waals surface area contributed by atoms with Gasteiger partial charge in [0.1, 0.15) is 5.75 Å². The molecule has 1 aromatic carbocycles. The highest BCUT2D eigenvalue weighted by atomic mass is 16.5. The SMILES string of the molecule is CCC(NCC(C)(O)CO)c1ccc2c(c1)CCO2. The predicted octanol–water partition coefficient (Wildman–Crippen LogP) is 1.41. The summed E-state index contributed by atoms with van der Waals surface area (Å²) in [7, 11) is 0. The number of aliphatic hydroxyl groups excluding tert-OH is 1. The van der Waals surface area contributed by atoms with Crippen molar-refractivity contribution >= 4 is 0 Å². The van der Waals surface area contributed by atoms with Crippen LogP contribution in [0.25, 0.3) is 0 Å². The standard InChI is InChI=1S/C15H23NO3/c1-3-13(16-9-15(2,18)10-17)11-4-5-14-12(8-11)6-7-19-14/h4-5,8,13,16-18H,3,6-7,9-10H2,1-2H3. The summed E-state index contributed by atoms with van der Waals surface area (Å²) in [6, 6.07) is 6.45. The minimum absolute atomic E-state index is 0.184. The number of benzene rings is 1. The van der Waals surface area contributed by atoms with E-state index in [2.05, 4.69) is 24.4 Å². The van der Waals surface area contributed by atoms with Gasteiger partial charge in [0, 0.05) is 19.0 Å². The number of aliphatic hydroxyl groups is 2. The molecule has 0 bridgehead atoms. The fraction of sp³-hybridized carbons (Fsp3) is 0.600. The summed E-state index contributed by atoms with van der Waals surface area (Å²) < 4.78 is 5.50. The van der Waals surface area contributed by atoms with Crippen LogP contribution in [0.15, 0.2) is 18.2 Å². The molecule has 1 aliphatic rings. The Hall–Kier alpha value is -1.10. The number of fused-ring (bicyclic) bond motifs is 1. The fourth-order valence-electron chi connectivity index (χ4n) is 2.32. The molecule has 0 spiro atoms. The fourth-order valence-corrected chi connectivity index (χ4v) is 2.32. The zero-order valence-corrected chi connectivity index (χ0v) is 11.6. The molecule has 0 saturated carbocycles. The zero-order valence-electron chi connectivity index (χ0n) is 11.6. The second-order valence-corrected chi connectivity index (χ2v) is 5.46. The molecule has 0 aromatic heterocycles. The normalized spacial score (nSPS) is 18.5. The second kappa shape index (κ2) is 5.90. The molecule has 2 rings (SSSR count). The Kier molecular flexibility index (Phi) is 4.45. The molecule has 0 saturated heterocycles. The van der Waals surface area contributed by atoms with E-state index in [-0.39, 0.29) is 12.6 Å². The quantitative estimate of drug-likeness (QED) is 0.728. The van der Waals surface area contributed by atoms with Crippen LogP contribution in [0.2, 0.25) is 0 Å². The van der Waals surface area contributed by atoms with Gasteiger partial charge in [-0.25, -0.2) is 0 Å². The molecule has 0 radical (unpaired) electrons. The molecule has 1 aromatic rings. The lowest BCUT2D eigenvalue weighted by atomic mass is 9.99. The van der Waals surface area contributed by atoms with Gasteiger partial charge >= 0.3 is 0 Å². The molecule has 4 nitrogen and oxygen atoms in total. The Morgan fingerprint density at radius 3 is 2.95 bits per heavy atom. The minimum Gasteiger partial charge on any atom is -0.493 e. The van der Waals surface area contributed by atoms with Crippen LogP contribution in [0.4, 0.5) is 0 Å². The highest BCUT2D eigenvalue weighted by Crippen LogP contribution is 2.29. The van der Waals surface area contributed by atoms with E-state index in [4.69, 9.17) is 9.84 Å². The second-order valence-electron chi connectivity index (χ2n) is 5.46. The van der Waals surface area contributed by atoms with E-state index in [1.165, 1.54) is 11.1 Å². The summed E-state index contributed by atoms with van der Waals surface area (Å²) in [5.74, 6) is 0.987. The maximum atomic E-state index is 9.84. The number of rotatable bonds is 6. The van der Waals surface area contributed by atoms with Gasteiger partial charge in [0.05, 0.1) is 18.8 Å². The van der Waals surface area contributed by atoms with E-state index in [1.54, 1.807) is 6.92 Å². The number of ether oxygens (including phenoxy) is 1. The van der Waals surface area contributed by atoms with Crippen LogP contribution in [0, 0.1) is 0 Å².